The van der Waals surface area contributed by atoms with Crippen molar-refractivity contribution in [3.05, 3.63) is 48.0 Å². The zero-order chi connectivity index (χ0) is 21.9. The number of sulfonamides is 1. The first kappa shape index (κ1) is 20.1. The molecule has 1 saturated carbocycles. The summed E-state index contributed by atoms with van der Waals surface area (Å²) in [6.45, 7) is 0.334. The predicted molar refractivity (Wildman–Crippen MR) is 110 cm³/mol. The minimum Gasteiger partial charge on any atom is -0.354 e. The van der Waals surface area contributed by atoms with E-state index in [2.05, 4.69) is 9.88 Å². The van der Waals surface area contributed by atoms with E-state index >= 15 is 0 Å². The molecule has 0 unspecified atom stereocenters. The van der Waals surface area contributed by atoms with Crippen molar-refractivity contribution in [2.75, 3.05) is 17.7 Å². The van der Waals surface area contributed by atoms with Crippen LogP contribution in [0, 0.1) is 23.5 Å². The van der Waals surface area contributed by atoms with Crippen molar-refractivity contribution in [2.45, 2.75) is 18.9 Å². The second-order valence-corrected chi connectivity index (χ2v) is 9.94. The van der Waals surface area contributed by atoms with Gasteiger partial charge in [0.25, 0.3) is 0 Å². The summed E-state index contributed by atoms with van der Waals surface area (Å²) < 4.78 is 60.0. The van der Waals surface area contributed by atoms with Crippen LogP contribution in [0.25, 0.3) is 22.1 Å². The van der Waals surface area contributed by atoms with Crippen molar-refractivity contribution in [3.8, 4) is 11.1 Å². The molecule has 2 fully saturated rings. The molecule has 2 aliphatic rings. The number of anilines is 1. The third-order valence-electron chi connectivity index (χ3n) is 6.04. The molecule has 162 valence electrons. The fraction of sp³-hybridized carbons (Fsp3) is 0.333. The number of fused-ring (bicyclic) bond motifs is 2. The van der Waals surface area contributed by atoms with Gasteiger partial charge in [-0.1, -0.05) is 23.4 Å². The summed E-state index contributed by atoms with van der Waals surface area (Å²) in [7, 11) is -3.36. The molecule has 0 radical (unpaired) electrons. The molecule has 1 aliphatic carbocycles. The van der Waals surface area contributed by atoms with Gasteiger partial charge in [-0.05, 0) is 37.0 Å². The molecule has 0 bridgehead atoms. The van der Waals surface area contributed by atoms with Crippen LogP contribution < -0.4 is 9.62 Å². The Morgan fingerprint density at radius 3 is 2.52 bits per heavy atom. The molecule has 7 nitrogen and oxygen atoms in total. The number of rotatable bonds is 4. The minimum absolute atomic E-state index is 0.0455. The van der Waals surface area contributed by atoms with Gasteiger partial charge in [0.05, 0.1) is 17.2 Å². The van der Waals surface area contributed by atoms with Crippen molar-refractivity contribution in [1.29, 1.82) is 0 Å². The number of aromatic nitrogens is 1. The molecular formula is C21H19F2N3O4S. The van der Waals surface area contributed by atoms with E-state index in [1.807, 2.05) is 0 Å². The number of amides is 1. The van der Waals surface area contributed by atoms with Gasteiger partial charge >= 0.3 is 0 Å². The maximum atomic E-state index is 14.5. The summed E-state index contributed by atoms with van der Waals surface area (Å²) >= 11 is 0. The summed E-state index contributed by atoms with van der Waals surface area (Å²) in [4.78, 5) is 14.6. The number of nitrogens with one attached hydrogen (secondary N) is 1. The second-order valence-electron chi connectivity index (χ2n) is 8.16. The van der Waals surface area contributed by atoms with Crippen LogP contribution in [-0.4, -0.2) is 38.3 Å². The monoisotopic (exact) mass is 447 g/mol. The largest absolute Gasteiger partial charge is 0.354 e. The number of hydrogen-bond donors (Lipinski definition) is 1. The summed E-state index contributed by atoms with van der Waals surface area (Å²) in [5.74, 6) is -1.81. The Morgan fingerprint density at radius 1 is 1.13 bits per heavy atom. The Hall–Kier alpha value is -2.85. The molecule has 1 N–H and O–H groups in total. The fourth-order valence-electron chi connectivity index (χ4n) is 4.87. The van der Waals surface area contributed by atoms with Gasteiger partial charge in [-0.15, -0.1) is 0 Å². The van der Waals surface area contributed by atoms with Gasteiger partial charge in [-0.3, -0.25) is 9.69 Å². The first-order valence-corrected chi connectivity index (χ1v) is 11.7. The van der Waals surface area contributed by atoms with Crippen molar-refractivity contribution >= 4 is 32.7 Å². The minimum atomic E-state index is -3.36. The lowest BCUT2D eigenvalue weighted by molar-refractivity contribution is -0.120. The Kier molecular flexibility index (Phi) is 4.60. The van der Waals surface area contributed by atoms with Crippen LogP contribution >= 0.6 is 0 Å². The highest BCUT2D eigenvalue weighted by Gasteiger charge is 2.48. The first-order chi connectivity index (χ1) is 14.7. The fourth-order valence-corrected chi connectivity index (χ4v) is 5.67. The standard InChI is InChI=1S/C21H19F2N3O4S/c1-31(28,29)25-12-8-11-10-26(21(27)14(11)9-12)20-19-13(4-2-7-17(19)30-24-20)18-15(22)5-3-6-16(18)23/h2-7,11-12,14,25H,8-10H2,1H3/t11-,12+,14-/m0/s1. The number of carbonyl (C=O) groups excluding carboxylic acids is 1. The van der Waals surface area contributed by atoms with Gasteiger partial charge in [0.1, 0.15) is 11.6 Å². The van der Waals surface area contributed by atoms with Crippen LogP contribution in [-0.2, 0) is 14.8 Å². The third kappa shape index (κ3) is 3.39. The van der Waals surface area contributed by atoms with Crippen LogP contribution in [0.5, 0.6) is 0 Å². The van der Waals surface area contributed by atoms with E-state index < -0.39 is 21.7 Å². The average Bonchev–Trinajstić information content (AvgIpc) is 3.35. The molecule has 0 spiro atoms. The van der Waals surface area contributed by atoms with E-state index in [1.54, 1.807) is 18.2 Å². The van der Waals surface area contributed by atoms with Crippen LogP contribution in [0.15, 0.2) is 40.9 Å². The van der Waals surface area contributed by atoms with Crippen LogP contribution in [0.3, 0.4) is 0 Å². The summed E-state index contributed by atoms with van der Waals surface area (Å²) in [6, 6.07) is 8.15. The summed E-state index contributed by atoms with van der Waals surface area (Å²) in [5.41, 5.74) is 0.365. The Morgan fingerprint density at radius 2 is 1.84 bits per heavy atom. The normalized spacial score (nSPS) is 23.6. The lowest BCUT2D eigenvalue weighted by Gasteiger charge is -2.18. The zero-order valence-electron chi connectivity index (χ0n) is 16.5. The number of hydrogen-bond acceptors (Lipinski definition) is 5. The van der Waals surface area contributed by atoms with E-state index in [1.165, 1.54) is 23.1 Å². The SMILES string of the molecule is CS(=O)(=O)N[C@@H]1C[C@H]2CN(c3noc4cccc(-c5c(F)cccc5F)c34)C(=O)[C@H]2C1. The third-order valence-corrected chi connectivity index (χ3v) is 6.81. The van der Waals surface area contributed by atoms with Gasteiger partial charge < -0.3 is 4.52 Å². The van der Waals surface area contributed by atoms with Crippen LogP contribution in [0.4, 0.5) is 14.6 Å². The molecular weight excluding hydrogens is 428 g/mol. The van der Waals surface area contributed by atoms with E-state index in [-0.39, 0.29) is 40.7 Å². The van der Waals surface area contributed by atoms with E-state index in [0.717, 1.165) is 6.26 Å². The molecule has 5 rings (SSSR count). The lowest BCUT2D eigenvalue weighted by atomic mass is 10.00. The highest BCUT2D eigenvalue weighted by Crippen LogP contribution is 2.44. The Balaban J connectivity index is 1.53. The molecule has 1 saturated heterocycles. The maximum Gasteiger partial charge on any atom is 0.231 e. The molecule has 2 aromatic carbocycles. The number of halogens is 2. The maximum absolute atomic E-state index is 14.5. The predicted octanol–water partition coefficient (Wildman–Crippen LogP) is 3.06. The summed E-state index contributed by atoms with van der Waals surface area (Å²) in [5, 5.41) is 4.42. The highest BCUT2D eigenvalue weighted by atomic mass is 32.2. The molecule has 1 aromatic heterocycles. The van der Waals surface area contributed by atoms with E-state index in [0.29, 0.717) is 30.4 Å². The summed E-state index contributed by atoms with van der Waals surface area (Å²) in [6.07, 6.45) is 2.03. The number of benzene rings is 2. The van der Waals surface area contributed by atoms with Gasteiger partial charge in [0.2, 0.25) is 15.9 Å². The van der Waals surface area contributed by atoms with Crippen molar-refractivity contribution in [1.82, 2.24) is 9.88 Å². The molecule has 1 aliphatic heterocycles. The molecule has 2 heterocycles. The van der Waals surface area contributed by atoms with Crippen LogP contribution in [0.1, 0.15) is 12.8 Å². The quantitative estimate of drug-likeness (QED) is 0.664. The van der Waals surface area contributed by atoms with E-state index in [4.69, 9.17) is 4.52 Å². The molecule has 31 heavy (non-hydrogen) atoms. The average molecular weight is 447 g/mol. The van der Waals surface area contributed by atoms with Crippen molar-refractivity contribution in [2.24, 2.45) is 11.8 Å². The topological polar surface area (TPSA) is 92.5 Å². The lowest BCUT2D eigenvalue weighted by Crippen LogP contribution is -2.35. The van der Waals surface area contributed by atoms with Crippen molar-refractivity contribution in [3.63, 3.8) is 0 Å². The second kappa shape index (κ2) is 7.10. The van der Waals surface area contributed by atoms with Gasteiger partial charge in [-0.25, -0.2) is 21.9 Å². The highest BCUT2D eigenvalue weighted by molar-refractivity contribution is 7.88. The molecule has 10 heteroatoms. The Labute approximate surface area is 177 Å². The number of nitrogens with zero attached hydrogens (tertiary/aromatic N) is 2. The molecule has 3 atom stereocenters. The molecule has 1 amide bonds. The Bertz CT molecular complexity index is 1290. The number of carbonyl (C=O) groups is 1. The molecule has 3 aromatic rings. The van der Waals surface area contributed by atoms with Gasteiger partial charge in [0, 0.05) is 24.1 Å². The van der Waals surface area contributed by atoms with Gasteiger partial charge in [-0.2, -0.15) is 0 Å². The van der Waals surface area contributed by atoms with E-state index in [9.17, 15) is 22.0 Å². The first-order valence-electron chi connectivity index (χ1n) is 9.84. The van der Waals surface area contributed by atoms with Crippen LogP contribution in [0.2, 0.25) is 0 Å². The zero-order valence-corrected chi connectivity index (χ0v) is 17.3. The smallest absolute Gasteiger partial charge is 0.231 e. The van der Waals surface area contributed by atoms with Gasteiger partial charge in [0.15, 0.2) is 11.4 Å². The van der Waals surface area contributed by atoms with Crippen molar-refractivity contribution < 1.29 is 26.5 Å².